The molecule has 2 rings (SSSR count). The minimum absolute atomic E-state index is 0.0213. The summed E-state index contributed by atoms with van der Waals surface area (Å²) >= 11 is 0. The van der Waals surface area contributed by atoms with Crippen molar-refractivity contribution in [3.05, 3.63) is 65.7 Å². The van der Waals surface area contributed by atoms with E-state index in [1.807, 2.05) is 6.92 Å². The maximum absolute atomic E-state index is 13.7. The van der Waals surface area contributed by atoms with Crippen molar-refractivity contribution < 1.29 is 17.2 Å². The molecule has 0 aromatic heterocycles. The summed E-state index contributed by atoms with van der Waals surface area (Å²) in [5, 5.41) is 3.07. The van der Waals surface area contributed by atoms with Gasteiger partial charge in [-0.1, -0.05) is 24.3 Å². The molecule has 0 spiro atoms. The zero-order chi connectivity index (χ0) is 19.9. The molecule has 0 unspecified atom stereocenters. The van der Waals surface area contributed by atoms with Crippen molar-refractivity contribution in [3.63, 3.8) is 0 Å². The van der Waals surface area contributed by atoms with Gasteiger partial charge >= 0.3 is 0 Å². The minimum Gasteiger partial charge on any atom is -0.357 e. The highest BCUT2D eigenvalue weighted by molar-refractivity contribution is 7.91. The molecule has 0 bridgehead atoms. The Morgan fingerprint density at radius 3 is 2.56 bits per heavy atom. The first-order valence-electron chi connectivity index (χ1n) is 8.54. The molecule has 146 valence electrons. The first-order chi connectivity index (χ1) is 12.8. The Balaban J connectivity index is 2.07. The van der Waals surface area contributed by atoms with E-state index in [1.165, 1.54) is 30.3 Å². The molecule has 0 aliphatic heterocycles. The third-order valence-corrected chi connectivity index (χ3v) is 5.52. The van der Waals surface area contributed by atoms with E-state index in [2.05, 4.69) is 10.3 Å². The second-order valence-electron chi connectivity index (χ2n) is 5.97. The fraction of sp³-hybridized carbons (Fsp3) is 0.316. The van der Waals surface area contributed by atoms with Gasteiger partial charge in [0.1, 0.15) is 16.5 Å². The summed E-state index contributed by atoms with van der Waals surface area (Å²) in [5.74, 6) is -0.905. The molecule has 0 atom stereocenters. The van der Waals surface area contributed by atoms with E-state index in [1.54, 1.807) is 24.1 Å². The molecular weight excluding hydrogens is 372 g/mol. The van der Waals surface area contributed by atoms with Crippen LogP contribution in [0.5, 0.6) is 0 Å². The highest BCUT2D eigenvalue weighted by Gasteiger charge is 2.18. The maximum Gasteiger partial charge on any atom is 0.193 e. The van der Waals surface area contributed by atoms with Gasteiger partial charge in [0.25, 0.3) is 0 Å². The predicted octanol–water partition coefficient (Wildman–Crippen LogP) is 2.84. The molecule has 1 N–H and O–H groups in total. The van der Waals surface area contributed by atoms with Gasteiger partial charge in [-0.15, -0.1) is 0 Å². The molecule has 0 aliphatic rings. The molecule has 8 heteroatoms. The average molecular weight is 395 g/mol. The summed E-state index contributed by atoms with van der Waals surface area (Å²) in [4.78, 5) is 5.76. The Morgan fingerprint density at radius 2 is 1.89 bits per heavy atom. The minimum atomic E-state index is -3.77. The summed E-state index contributed by atoms with van der Waals surface area (Å²) in [5.41, 5.74) is 0.766. The third-order valence-electron chi connectivity index (χ3n) is 3.80. The standard InChI is InChI=1S/C19H23F2N3O2S/c1-3-22-19(24(2)14-15-7-6-8-16(20)13-15)23-11-12-27(25,26)18-10-5-4-9-17(18)21/h4-10,13H,3,11-12,14H2,1-2H3,(H,22,23). The lowest BCUT2D eigenvalue weighted by Crippen LogP contribution is -2.38. The normalized spacial score (nSPS) is 12.1. The van der Waals surface area contributed by atoms with Crippen LogP contribution in [0.3, 0.4) is 0 Å². The van der Waals surface area contributed by atoms with Crippen LogP contribution in [0.4, 0.5) is 8.78 Å². The number of hydrogen-bond acceptors (Lipinski definition) is 3. The van der Waals surface area contributed by atoms with Crippen LogP contribution >= 0.6 is 0 Å². The second kappa shape index (κ2) is 9.45. The van der Waals surface area contributed by atoms with E-state index in [9.17, 15) is 17.2 Å². The van der Waals surface area contributed by atoms with Gasteiger partial charge in [-0.25, -0.2) is 17.2 Å². The smallest absolute Gasteiger partial charge is 0.193 e. The number of aliphatic imine (C=N–C) groups is 1. The summed E-state index contributed by atoms with van der Waals surface area (Å²) in [7, 11) is -1.99. The lowest BCUT2D eigenvalue weighted by molar-refractivity contribution is 0.475. The summed E-state index contributed by atoms with van der Waals surface area (Å²) < 4.78 is 51.7. The fourth-order valence-electron chi connectivity index (χ4n) is 2.53. The maximum atomic E-state index is 13.7. The fourth-order valence-corrected chi connectivity index (χ4v) is 3.73. The number of halogens is 2. The van der Waals surface area contributed by atoms with Gasteiger partial charge in [0.2, 0.25) is 0 Å². The van der Waals surface area contributed by atoms with Crippen LogP contribution < -0.4 is 5.32 Å². The van der Waals surface area contributed by atoms with Crippen molar-refractivity contribution in [2.45, 2.75) is 18.4 Å². The summed E-state index contributed by atoms with van der Waals surface area (Å²) in [6.45, 7) is 2.87. The molecule has 2 aromatic rings. The molecule has 5 nitrogen and oxygen atoms in total. The van der Waals surface area contributed by atoms with Crippen molar-refractivity contribution in [2.24, 2.45) is 4.99 Å². The number of sulfone groups is 1. The van der Waals surface area contributed by atoms with Gasteiger partial charge in [0.05, 0.1) is 12.3 Å². The molecule has 0 fully saturated rings. The topological polar surface area (TPSA) is 61.8 Å². The van der Waals surface area contributed by atoms with Gasteiger partial charge in [0, 0.05) is 20.1 Å². The van der Waals surface area contributed by atoms with Gasteiger partial charge in [-0.3, -0.25) is 4.99 Å². The lowest BCUT2D eigenvalue weighted by Gasteiger charge is -2.22. The first kappa shape index (κ1) is 20.8. The highest BCUT2D eigenvalue weighted by atomic mass is 32.2. The molecule has 0 aliphatic carbocycles. The van der Waals surface area contributed by atoms with Crippen molar-refractivity contribution in [1.82, 2.24) is 10.2 Å². The molecule has 2 aromatic carbocycles. The average Bonchev–Trinajstić information content (AvgIpc) is 2.61. The van der Waals surface area contributed by atoms with Gasteiger partial charge in [-0.2, -0.15) is 0 Å². The van der Waals surface area contributed by atoms with Crippen LogP contribution in [0, 0.1) is 11.6 Å². The number of benzene rings is 2. The number of rotatable bonds is 7. The van der Waals surface area contributed by atoms with Crippen LogP contribution in [0.2, 0.25) is 0 Å². The Kier molecular flexibility index (Phi) is 7.29. The number of guanidine groups is 1. The molecule has 0 heterocycles. The Morgan fingerprint density at radius 1 is 1.15 bits per heavy atom. The van der Waals surface area contributed by atoms with Crippen molar-refractivity contribution in [1.29, 1.82) is 0 Å². The summed E-state index contributed by atoms with van der Waals surface area (Å²) in [6.07, 6.45) is 0. The Bertz CT molecular complexity index is 901. The number of hydrogen-bond donors (Lipinski definition) is 1. The van der Waals surface area contributed by atoms with Gasteiger partial charge < -0.3 is 10.2 Å². The van der Waals surface area contributed by atoms with Crippen molar-refractivity contribution in [2.75, 3.05) is 25.9 Å². The Hall–Kier alpha value is -2.48. The van der Waals surface area contributed by atoms with Crippen molar-refractivity contribution in [3.8, 4) is 0 Å². The Labute approximate surface area is 158 Å². The quantitative estimate of drug-likeness (QED) is 0.579. The SMILES string of the molecule is CCNC(=NCCS(=O)(=O)c1ccccc1F)N(C)Cc1cccc(F)c1. The van der Waals surface area contributed by atoms with E-state index < -0.39 is 15.7 Å². The van der Waals surface area contributed by atoms with Crippen molar-refractivity contribution >= 4 is 15.8 Å². The van der Waals surface area contributed by atoms with E-state index in [4.69, 9.17) is 0 Å². The highest BCUT2D eigenvalue weighted by Crippen LogP contribution is 2.15. The number of nitrogens with zero attached hydrogens (tertiary/aromatic N) is 2. The molecule has 0 saturated carbocycles. The van der Waals surface area contributed by atoms with E-state index in [0.717, 1.165) is 11.6 Å². The zero-order valence-corrected chi connectivity index (χ0v) is 16.1. The van der Waals surface area contributed by atoms with Gasteiger partial charge in [0.15, 0.2) is 15.8 Å². The van der Waals surface area contributed by atoms with Crippen LogP contribution in [0.25, 0.3) is 0 Å². The van der Waals surface area contributed by atoms with Crippen LogP contribution in [-0.4, -0.2) is 45.2 Å². The molecule has 27 heavy (non-hydrogen) atoms. The van der Waals surface area contributed by atoms with E-state index >= 15 is 0 Å². The number of nitrogens with one attached hydrogen (secondary N) is 1. The zero-order valence-electron chi connectivity index (χ0n) is 15.3. The van der Waals surface area contributed by atoms with E-state index in [-0.39, 0.29) is 23.0 Å². The first-order valence-corrected chi connectivity index (χ1v) is 10.2. The summed E-state index contributed by atoms with van der Waals surface area (Å²) in [6, 6.07) is 11.5. The van der Waals surface area contributed by atoms with E-state index in [0.29, 0.717) is 19.0 Å². The van der Waals surface area contributed by atoms with Crippen LogP contribution in [0.1, 0.15) is 12.5 Å². The monoisotopic (exact) mass is 395 g/mol. The van der Waals surface area contributed by atoms with Gasteiger partial charge in [-0.05, 0) is 36.8 Å². The molecule has 0 radical (unpaired) electrons. The second-order valence-corrected chi connectivity index (χ2v) is 8.05. The van der Waals surface area contributed by atoms with Crippen LogP contribution in [0.15, 0.2) is 58.4 Å². The molecule has 0 amide bonds. The lowest BCUT2D eigenvalue weighted by atomic mass is 10.2. The largest absolute Gasteiger partial charge is 0.357 e. The van der Waals surface area contributed by atoms with Crippen LogP contribution in [-0.2, 0) is 16.4 Å². The third kappa shape index (κ3) is 6.02. The predicted molar refractivity (Wildman–Crippen MR) is 102 cm³/mol. The molecule has 0 saturated heterocycles. The molecular formula is C19H23F2N3O2S.